The number of hydrogen-bond donors (Lipinski definition) is 5. The molecule has 5 N–H and O–H groups in total. The van der Waals surface area contributed by atoms with Crippen LogP contribution in [-0.2, 0) is 9.59 Å². The highest BCUT2D eigenvalue weighted by Crippen LogP contribution is 2.29. The zero-order valence-electron chi connectivity index (χ0n) is 19.6. The zero-order chi connectivity index (χ0) is 25.1. The van der Waals surface area contributed by atoms with Crippen molar-refractivity contribution in [2.75, 3.05) is 6.54 Å². The molecule has 9 nitrogen and oxygen atoms in total. The van der Waals surface area contributed by atoms with Crippen LogP contribution >= 0.6 is 0 Å². The van der Waals surface area contributed by atoms with E-state index in [0.29, 0.717) is 11.1 Å². The van der Waals surface area contributed by atoms with E-state index in [4.69, 9.17) is 6.42 Å². The van der Waals surface area contributed by atoms with E-state index >= 15 is 0 Å². The van der Waals surface area contributed by atoms with Crippen LogP contribution in [0.1, 0.15) is 58.2 Å². The summed E-state index contributed by atoms with van der Waals surface area (Å²) < 4.78 is 0. The highest BCUT2D eigenvalue weighted by Gasteiger charge is 2.45. The lowest BCUT2D eigenvalue weighted by molar-refractivity contribution is -0.142. The predicted octanol–water partition coefficient (Wildman–Crippen LogP) is 1.24. The first-order chi connectivity index (χ1) is 15.1. The summed E-state index contributed by atoms with van der Waals surface area (Å²) >= 11 is 0. The third kappa shape index (κ3) is 6.46. The third-order valence-electron chi connectivity index (χ3n) is 5.65. The molecule has 1 aliphatic heterocycles. The molecule has 1 aromatic rings. The van der Waals surface area contributed by atoms with Crippen LogP contribution in [0.3, 0.4) is 0 Å². The highest BCUT2D eigenvalue weighted by atomic mass is 16.4. The minimum absolute atomic E-state index is 0.00385. The molecule has 0 radical (unpaired) electrons. The van der Waals surface area contributed by atoms with Gasteiger partial charge in [0.2, 0.25) is 11.8 Å². The lowest BCUT2D eigenvalue weighted by Gasteiger charge is -2.36. The van der Waals surface area contributed by atoms with E-state index in [9.17, 15) is 29.7 Å². The van der Waals surface area contributed by atoms with Gasteiger partial charge in [0.25, 0.3) is 0 Å². The first-order valence-corrected chi connectivity index (χ1v) is 10.7. The number of aliphatic hydroxyl groups is 2. The number of amides is 3. The molecule has 1 heterocycles. The molecule has 0 bridgehead atoms. The smallest absolute Gasteiger partial charge is 0.405 e. The van der Waals surface area contributed by atoms with Gasteiger partial charge in [0, 0.05) is 18.5 Å². The van der Waals surface area contributed by atoms with Gasteiger partial charge in [0.05, 0.1) is 17.7 Å². The SMILES string of the molecule is C#Cc1ccc(C(NC(=O)[C@@H]2C[C@@H](O)CN2C(=O)C(NC(=O)O)C(C)(C)C)C(C)(C)O)cc1. The standard InChI is InChI=1S/C24H33N3O6/c1-7-14-8-10-15(11-9-14)18(24(5,6)33)25-20(29)17-12-16(28)13-27(17)21(30)19(23(2,3)4)26-22(31)32/h1,8-11,16-19,26,28,33H,12-13H2,2-6H3,(H,25,29)(H,31,32)/t16-,17+,18?,19?/m1/s1. The summed E-state index contributed by atoms with van der Waals surface area (Å²) in [4.78, 5) is 39.0. The first kappa shape index (κ1) is 26.2. The maximum atomic E-state index is 13.3. The summed E-state index contributed by atoms with van der Waals surface area (Å²) in [5.41, 5.74) is -0.850. The van der Waals surface area contributed by atoms with Gasteiger partial charge < -0.3 is 30.9 Å². The fourth-order valence-electron chi connectivity index (χ4n) is 3.92. The van der Waals surface area contributed by atoms with Gasteiger partial charge >= 0.3 is 6.09 Å². The average molecular weight is 460 g/mol. The van der Waals surface area contributed by atoms with Crippen LogP contribution in [0.15, 0.2) is 24.3 Å². The van der Waals surface area contributed by atoms with Crippen LogP contribution in [0.25, 0.3) is 0 Å². The normalized spacial score (nSPS) is 20.5. The van der Waals surface area contributed by atoms with Gasteiger partial charge in [-0.15, -0.1) is 6.42 Å². The van der Waals surface area contributed by atoms with Gasteiger partial charge in [0.1, 0.15) is 12.1 Å². The van der Waals surface area contributed by atoms with Crippen LogP contribution in [0.5, 0.6) is 0 Å². The molecule has 1 aromatic carbocycles. The van der Waals surface area contributed by atoms with Crippen LogP contribution in [0.2, 0.25) is 0 Å². The second-order valence-corrected chi connectivity index (χ2v) is 10.0. The molecule has 2 unspecified atom stereocenters. The number of carboxylic acid groups (broad SMARTS) is 1. The van der Waals surface area contributed by atoms with Gasteiger partial charge in [-0.25, -0.2) is 4.79 Å². The maximum absolute atomic E-state index is 13.3. The third-order valence-corrected chi connectivity index (χ3v) is 5.65. The number of aliphatic hydroxyl groups excluding tert-OH is 1. The van der Waals surface area contributed by atoms with Gasteiger partial charge in [0.15, 0.2) is 0 Å². The quantitative estimate of drug-likeness (QED) is 0.406. The highest BCUT2D eigenvalue weighted by molar-refractivity contribution is 5.92. The van der Waals surface area contributed by atoms with Crippen molar-refractivity contribution >= 4 is 17.9 Å². The van der Waals surface area contributed by atoms with E-state index in [0.717, 1.165) is 0 Å². The Kier molecular flexibility index (Phi) is 7.78. The number of benzene rings is 1. The van der Waals surface area contributed by atoms with Crippen LogP contribution in [0.4, 0.5) is 4.79 Å². The topological polar surface area (TPSA) is 139 Å². The molecule has 33 heavy (non-hydrogen) atoms. The number of likely N-dealkylation sites (tertiary alicyclic amines) is 1. The second-order valence-electron chi connectivity index (χ2n) is 10.0. The maximum Gasteiger partial charge on any atom is 0.405 e. The molecule has 4 atom stereocenters. The molecule has 1 saturated heterocycles. The molecular formula is C24H33N3O6. The van der Waals surface area contributed by atoms with Crippen molar-refractivity contribution in [3.05, 3.63) is 35.4 Å². The van der Waals surface area contributed by atoms with Gasteiger partial charge in [-0.05, 0) is 37.0 Å². The van der Waals surface area contributed by atoms with Crippen molar-refractivity contribution < 1.29 is 29.7 Å². The number of nitrogens with zero attached hydrogens (tertiary/aromatic N) is 1. The minimum Gasteiger partial charge on any atom is -0.465 e. The Hall–Kier alpha value is -3.09. The first-order valence-electron chi connectivity index (χ1n) is 10.7. The molecule has 0 aromatic heterocycles. The van der Waals surface area contributed by atoms with Crippen LogP contribution < -0.4 is 10.6 Å². The number of terminal acetylenes is 1. The molecule has 0 spiro atoms. The zero-order valence-corrected chi connectivity index (χ0v) is 19.6. The number of carbonyl (C=O) groups is 3. The molecule has 9 heteroatoms. The summed E-state index contributed by atoms with van der Waals surface area (Å²) in [5, 5.41) is 35.1. The number of carbonyl (C=O) groups excluding carboxylic acids is 2. The average Bonchev–Trinajstić information content (AvgIpc) is 3.10. The van der Waals surface area contributed by atoms with Crippen molar-refractivity contribution in [2.45, 2.75) is 70.9 Å². The van der Waals surface area contributed by atoms with E-state index in [-0.39, 0.29) is 13.0 Å². The van der Waals surface area contributed by atoms with E-state index in [1.54, 1.807) is 58.9 Å². The summed E-state index contributed by atoms with van der Waals surface area (Å²) in [6, 6.07) is 3.84. The summed E-state index contributed by atoms with van der Waals surface area (Å²) in [6.45, 7) is 8.11. The molecule has 2 rings (SSSR count). The molecule has 3 amide bonds. The lowest BCUT2D eigenvalue weighted by atomic mass is 9.85. The Bertz CT molecular complexity index is 923. The molecule has 0 aliphatic carbocycles. The molecule has 0 saturated carbocycles. The van der Waals surface area contributed by atoms with Crippen molar-refractivity contribution in [2.24, 2.45) is 5.41 Å². The van der Waals surface area contributed by atoms with E-state index in [1.807, 2.05) is 0 Å². The van der Waals surface area contributed by atoms with Gasteiger partial charge in [-0.1, -0.05) is 38.8 Å². The largest absolute Gasteiger partial charge is 0.465 e. The Labute approximate surface area is 194 Å². The summed E-state index contributed by atoms with van der Waals surface area (Å²) in [5.74, 6) is 1.35. The van der Waals surface area contributed by atoms with Crippen molar-refractivity contribution in [1.82, 2.24) is 15.5 Å². The van der Waals surface area contributed by atoms with Gasteiger partial charge in [-0.3, -0.25) is 9.59 Å². The number of hydrogen-bond acceptors (Lipinski definition) is 5. The molecule has 1 fully saturated rings. The minimum atomic E-state index is -1.36. The lowest BCUT2D eigenvalue weighted by Crippen LogP contribution is -2.58. The van der Waals surface area contributed by atoms with Gasteiger partial charge in [-0.2, -0.15) is 0 Å². The predicted molar refractivity (Wildman–Crippen MR) is 122 cm³/mol. The number of β-amino-alcohol motifs (C(OH)–C–C–N with tert-alkyl or cyclic N) is 1. The number of nitrogens with one attached hydrogen (secondary N) is 2. The second kappa shape index (κ2) is 9.81. The van der Waals surface area contributed by atoms with Crippen molar-refractivity contribution in [3.8, 4) is 12.3 Å². The Morgan fingerprint density at radius 1 is 1.12 bits per heavy atom. The van der Waals surface area contributed by atoms with Crippen LogP contribution in [-0.4, -0.2) is 68.5 Å². The monoisotopic (exact) mass is 459 g/mol. The molecular weight excluding hydrogens is 426 g/mol. The fraction of sp³-hybridized carbons (Fsp3) is 0.542. The van der Waals surface area contributed by atoms with Crippen molar-refractivity contribution in [1.29, 1.82) is 0 Å². The number of rotatable bonds is 6. The Balaban J connectivity index is 2.31. The van der Waals surface area contributed by atoms with E-state index < -0.39 is 53.2 Å². The molecule has 180 valence electrons. The molecule has 1 aliphatic rings. The Morgan fingerprint density at radius 2 is 1.70 bits per heavy atom. The van der Waals surface area contributed by atoms with Crippen molar-refractivity contribution in [3.63, 3.8) is 0 Å². The fourth-order valence-corrected chi connectivity index (χ4v) is 3.92. The van der Waals surface area contributed by atoms with E-state index in [2.05, 4.69) is 16.6 Å². The van der Waals surface area contributed by atoms with Crippen LogP contribution in [0, 0.1) is 17.8 Å². The Morgan fingerprint density at radius 3 is 2.15 bits per heavy atom. The van der Waals surface area contributed by atoms with E-state index in [1.165, 1.54) is 4.90 Å². The summed E-state index contributed by atoms with van der Waals surface area (Å²) in [6.07, 6.45) is 3.09. The summed E-state index contributed by atoms with van der Waals surface area (Å²) in [7, 11) is 0.